The zero-order chi connectivity index (χ0) is 18.0. The number of carbonyl (C=O) groups excluding carboxylic acids is 1. The number of benzene rings is 1. The molecule has 0 aliphatic rings. The number of H-pyrrole nitrogens is 1. The highest BCUT2D eigenvalue weighted by Gasteiger charge is 2.14. The molecule has 2 aromatic heterocycles. The van der Waals surface area contributed by atoms with Gasteiger partial charge in [0.1, 0.15) is 5.69 Å². The number of nitrogens with zero attached hydrogens (tertiary/aromatic N) is 2. The molecule has 25 heavy (non-hydrogen) atoms. The third-order valence-corrected chi connectivity index (χ3v) is 4.98. The Morgan fingerprint density at radius 2 is 1.96 bits per heavy atom. The van der Waals surface area contributed by atoms with E-state index in [0.717, 1.165) is 10.0 Å². The van der Waals surface area contributed by atoms with Crippen LogP contribution in [-0.2, 0) is 6.42 Å². The van der Waals surface area contributed by atoms with Gasteiger partial charge in [0.05, 0.1) is 15.5 Å². The molecule has 0 aliphatic heterocycles. The zero-order valence-electron chi connectivity index (χ0n) is 12.4. The SMILES string of the molecule is O=C(O)c1noc(Cc2ccc(NC(=O)c3cc(Br)c(Br)[nH]3)cc2)n1. The van der Waals surface area contributed by atoms with Gasteiger partial charge in [-0.15, -0.1) is 0 Å². The molecule has 0 saturated carbocycles. The molecule has 3 N–H and O–H groups in total. The molecule has 1 amide bonds. The first-order chi connectivity index (χ1) is 11.9. The smallest absolute Gasteiger partial charge is 0.377 e. The van der Waals surface area contributed by atoms with Crippen LogP contribution in [0.5, 0.6) is 0 Å². The third kappa shape index (κ3) is 4.15. The van der Waals surface area contributed by atoms with E-state index in [1.807, 2.05) is 0 Å². The fourth-order valence-corrected chi connectivity index (χ4v) is 2.68. The van der Waals surface area contributed by atoms with Crippen molar-refractivity contribution < 1.29 is 19.2 Å². The van der Waals surface area contributed by atoms with Crippen molar-refractivity contribution in [1.82, 2.24) is 15.1 Å². The van der Waals surface area contributed by atoms with Crippen LogP contribution in [0.15, 0.2) is 43.9 Å². The lowest BCUT2D eigenvalue weighted by Gasteiger charge is -2.04. The Balaban J connectivity index is 1.65. The predicted molar refractivity (Wildman–Crippen MR) is 94.7 cm³/mol. The fourth-order valence-electron chi connectivity index (χ4n) is 2.02. The Bertz CT molecular complexity index is 914. The lowest BCUT2D eigenvalue weighted by Crippen LogP contribution is -2.12. The number of anilines is 1. The molecule has 0 aliphatic carbocycles. The molecular weight excluding hydrogens is 460 g/mol. The number of aromatic carboxylic acids is 1. The van der Waals surface area contributed by atoms with E-state index < -0.39 is 5.97 Å². The normalized spacial score (nSPS) is 10.6. The van der Waals surface area contributed by atoms with Gasteiger partial charge in [-0.25, -0.2) is 4.79 Å². The Labute approximate surface area is 157 Å². The summed E-state index contributed by atoms with van der Waals surface area (Å²) in [4.78, 5) is 29.5. The van der Waals surface area contributed by atoms with Crippen molar-refractivity contribution in [1.29, 1.82) is 0 Å². The van der Waals surface area contributed by atoms with Gasteiger partial charge in [0.25, 0.3) is 11.7 Å². The summed E-state index contributed by atoms with van der Waals surface area (Å²) in [6.45, 7) is 0. The minimum Gasteiger partial charge on any atom is -0.475 e. The van der Waals surface area contributed by atoms with Crippen LogP contribution in [0.2, 0.25) is 0 Å². The molecule has 0 saturated heterocycles. The number of nitrogens with one attached hydrogen (secondary N) is 2. The van der Waals surface area contributed by atoms with Crippen LogP contribution >= 0.6 is 31.9 Å². The van der Waals surface area contributed by atoms with Gasteiger partial charge in [-0.05, 0) is 60.8 Å². The molecule has 0 radical (unpaired) electrons. The van der Waals surface area contributed by atoms with Crippen molar-refractivity contribution in [3.8, 4) is 0 Å². The van der Waals surface area contributed by atoms with Crippen LogP contribution in [0.25, 0.3) is 0 Å². The molecule has 0 fully saturated rings. The second-order valence-electron chi connectivity index (χ2n) is 4.99. The number of aromatic nitrogens is 3. The quantitative estimate of drug-likeness (QED) is 0.526. The van der Waals surface area contributed by atoms with Crippen LogP contribution in [0.1, 0.15) is 32.6 Å². The molecule has 0 unspecified atom stereocenters. The van der Waals surface area contributed by atoms with E-state index in [2.05, 4.69) is 52.3 Å². The molecule has 10 heteroatoms. The van der Waals surface area contributed by atoms with Crippen molar-refractivity contribution in [3.05, 3.63) is 62.4 Å². The van der Waals surface area contributed by atoms with Crippen molar-refractivity contribution >= 4 is 49.4 Å². The second-order valence-corrected chi connectivity index (χ2v) is 6.64. The maximum Gasteiger partial charge on any atom is 0.377 e. The van der Waals surface area contributed by atoms with Crippen LogP contribution in [0, 0.1) is 0 Å². The summed E-state index contributed by atoms with van der Waals surface area (Å²) in [6, 6.07) is 8.69. The Kier molecular flexibility index (Phi) is 5.00. The van der Waals surface area contributed by atoms with Crippen LogP contribution < -0.4 is 5.32 Å². The molecule has 3 rings (SSSR count). The van der Waals surface area contributed by atoms with E-state index in [0.29, 0.717) is 22.4 Å². The van der Waals surface area contributed by atoms with Gasteiger partial charge in [0.15, 0.2) is 0 Å². The topological polar surface area (TPSA) is 121 Å². The number of hydrogen-bond acceptors (Lipinski definition) is 5. The third-order valence-electron chi connectivity index (χ3n) is 3.20. The molecule has 128 valence electrons. The molecule has 2 heterocycles. The number of amides is 1. The highest BCUT2D eigenvalue weighted by atomic mass is 79.9. The van der Waals surface area contributed by atoms with E-state index in [1.54, 1.807) is 30.3 Å². The lowest BCUT2D eigenvalue weighted by atomic mass is 10.1. The van der Waals surface area contributed by atoms with Crippen molar-refractivity contribution in [2.75, 3.05) is 5.32 Å². The van der Waals surface area contributed by atoms with Crippen molar-refractivity contribution in [3.63, 3.8) is 0 Å². The molecular formula is C15H10Br2N4O4. The Morgan fingerprint density at radius 1 is 1.24 bits per heavy atom. The second kappa shape index (κ2) is 7.19. The number of halogens is 2. The Morgan fingerprint density at radius 3 is 2.52 bits per heavy atom. The maximum atomic E-state index is 12.1. The van der Waals surface area contributed by atoms with Crippen LogP contribution in [0.3, 0.4) is 0 Å². The summed E-state index contributed by atoms with van der Waals surface area (Å²) in [5.41, 5.74) is 1.87. The van der Waals surface area contributed by atoms with E-state index >= 15 is 0 Å². The summed E-state index contributed by atoms with van der Waals surface area (Å²) >= 11 is 6.59. The number of carbonyl (C=O) groups is 2. The van der Waals surface area contributed by atoms with Gasteiger partial charge < -0.3 is 19.9 Å². The molecule has 0 atom stereocenters. The minimum absolute atomic E-state index is 0.204. The zero-order valence-corrected chi connectivity index (χ0v) is 15.6. The predicted octanol–water partition coefficient (Wildman–Crippen LogP) is 3.46. The fraction of sp³-hybridized carbons (Fsp3) is 0.0667. The summed E-state index contributed by atoms with van der Waals surface area (Å²) in [6.07, 6.45) is 0.297. The first kappa shape index (κ1) is 17.4. The summed E-state index contributed by atoms with van der Waals surface area (Å²) in [7, 11) is 0. The first-order valence-electron chi connectivity index (χ1n) is 6.92. The van der Waals surface area contributed by atoms with Gasteiger partial charge >= 0.3 is 5.97 Å². The van der Waals surface area contributed by atoms with Crippen LogP contribution in [0.4, 0.5) is 5.69 Å². The summed E-state index contributed by atoms with van der Waals surface area (Å²) in [5.74, 6) is -1.68. The van der Waals surface area contributed by atoms with Gasteiger partial charge in [-0.1, -0.05) is 12.1 Å². The molecule has 0 bridgehead atoms. The number of carboxylic acid groups (broad SMARTS) is 1. The highest BCUT2D eigenvalue weighted by Crippen LogP contribution is 2.23. The molecule has 1 aromatic carbocycles. The van der Waals surface area contributed by atoms with E-state index in [9.17, 15) is 9.59 Å². The van der Waals surface area contributed by atoms with Gasteiger partial charge in [0, 0.05) is 5.69 Å². The average Bonchev–Trinajstić information content (AvgIpc) is 3.17. The van der Waals surface area contributed by atoms with Gasteiger partial charge in [-0.3, -0.25) is 4.79 Å². The maximum absolute atomic E-state index is 12.1. The minimum atomic E-state index is -1.24. The number of hydrogen-bond donors (Lipinski definition) is 3. The standard InChI is InChI=1S/C15H10Br2N4O4/c16-9-6-10(19-12(9)17)14(22)18-8-3-1-7(2-4-8)5-11-20-13(15(23)24)21-25-11/h1-4,6,19H,5H2,(H,18,22)(H,23,24). The number of rotatable bonds is 5. The molecule has 0 spiro atoms. The Hall–Kier alpha value is -2.46. The largest absolute Gasteiger partial charge is 0.475 e. The molecule has 3 aromatic rings. The van der Waals surface area contributed by atoms with E-state index in [4.69, 9.17) is 9.63 Å². The van der Waals surface area contributed by atoms with E-state index in [-0.39, 0.29) is 17.6 Å². The van der Waals surface area contributed by atoms with Crippen LogP contribution in [-0.4, -0.2) is 32.1 Å². The average molecular weight is 470 g/mol. The highest BCUT2D eigenvalue weighted by molar-refractivity contribution is 9.13. The summed E-state index contributed by atoms with van der Waals surface area (Å²) in [5, 5.41) is 14.9. The van der Waals surface area contributed by atoms with Crippen molar-refractivity contribution in [2.24, 2.45) is 0 Å². The van der Waals surface area contributed by atoms with E-state index in [1.165, 1.54) is 0 Å². The van der Waals surface area contributed by atoms with Gasteiger partial charge in [0.2, 0.25) is 5.89 Å². The molecule has 8 nitrogen and oxygen atoms in total. The first-order valence-corrected chi connectivity index (χ1v) is 8.51. The lowest BCUT2D eigenvalue weighted by molar-refractivity contribution is 0.0680. The number of aromatic amines is 1. The van der Waals surface area contributed by atoms with Crippen molar-refractivity contribution in [2.45, 2.75) is 6.42 Å². The summed E-state index contributed by atoms with van der Waals surface area (Å²) < 4.78 is 6.32. The monoisotopic (exact) mass is 468 g/mol. The number of carboxylic acids is 1. The van der Waals surface area contributed by atoms with Gasteiger partial charge in [-0.2, -0.15) is 4.98 Å².